The van der Waals surface area contributed by atoms with Gasteiger partial charge in [0.2, 0.25) is 5.91 Å². The maximum absolute atomic E-state index is 12.2. The quantitative estimate of drug-likeness (QED) is 0.500. The van der Waals surface area contributed by atoms with Gasteiger partial charge in [0.25, 0.3) is 0 Å². The number of rotatable bonds is 6. The van der Waals surface area contributed by atoms with Crippen LogP contribution in [0.4, 0.5) is 0 Å². The molecule has 5 nitrogen and oxygen atoms in total. The maximum Gasteiger partial charge on any atom is 0.230 e. The van der Waals surface area contributed by atoms with E-state index in [0.29, 0.717) is 12.3 Å². The Kier molecular flexibility index (Phi) is 5.71. The summed E-state index contributed by atoms with van der Waals surface area (Å²) in [5.41, 5.74) is 3.50. The number of hydrogen-bond donors (Lipinski definition) is 1. The largest absolute Gasteiger partial charge is 0.376 e. The third-order valence-corrected chi connectivity index (χ3v) is 6.46. The highest BCUT2D eigenvalue weighted by molar-refractivity contribution is 8.00. The van der Waals surface area contributed by atoms with Crippen LogP contribution in [0.15, 0.2) is 41.0 Å². The van der Waals surface area contributed by atoms with Gasteiger partial charge in [-0.3, -0.25) is 4.79 Å². The number of benzene rings is 1. The van der Waals surface area contributed by atoms with E-state index in [0.717, 1.165) is 45.8 Å². The molecule has 1 aromatic carbocycles. The third-order valence-electron chi connectivity index (χ3n) is 4.59. The molecule has 140 valence electrons. The van der Waals surface area contributed by atoms with Crippen LogP contribution in [0.1, 0.15) is 18.4 Å². The maximum atomic E-state index is 12.2. The molecule has 7 heteroatoms. The van der Waals surface area contributed by atoms with Crippen molar-refractivity contribution in [1.82, 2.24) is 15.3 Å². The molecule has 27 heavy (non-hydrogen) atoms. The molecule has 0 bridgehead atoms. The smallest absolute Gasteiger partial charge is 0.230 e. The topological polar surface area (TPSA) is 64.1 Å². The van der Waals surface area contributed by atoms with E-state index in [1.807, 2.05) is 0 Å². The number of nitrogens with zero attached hydrogens (tertiary/aromatic N) is 2. The second-order valence-corrected chi connectivity index (χ2v) is 8.42. The summed E-state index contributed by atoms with van der Waals surface area (Å²) in [4.78, 5) is 22.0. The van der Waals surface area contributed by atoms with Crippen LogP contribution in [0.2, 0.25) is 0 Å². The van der Waals surface area contributed by atoms with Crippen LogP contribution in [-0.2, 0) is 9.53 Å². The van der Waals surface area contributed by atoms with Crippen molar-refractivity contribution in [3.63, 3.8) is 0 Å². The van der Waals surface area contributed by atoms with E-state index >= 15 is 0 Å². The summed E-state index contributed by atoms with van der Waals surface area (Å²) >= 11 is 3.07. The zero-order valence-electron chi connectivity index (χ0n) is 15.1. The van der Waals surface area contributed by atoms with Gasteiger partial charge in [-0.15, -0.1) is 11.3 Å². The lowest BCUT2D eigenvalue weighted by Crippen LogP contribution is -2.32. The van der Waals surface area contributed by atoms with Crippen LogP contribution in [0.5, 0.6) is 0 Å². The minimum Gasteiger partial charge on any atom is -0.376 e. The Morgan fingerprint density at radius 1 is 1.33 bits per heavy atom. The van der Waals surface area contributed by atoms with Gasteiger partial charge in [-0.2, -0.15) is 0 Å². The lowest BCUT2D eigenvalue weighted by atomic mass is 10.1. The molecular formula is C20H21N3O2S2. The lowest BCUT2D eigenvalue weighted by molar-refractivity contribution is -0.119. The highest BCUT2D eigenvalue weighted by Crippen LogP contribution is 2.37. The molecule has 1 atom stereocenters. The molecule has 1 aliphatic heterocycles. The average molecular weight is 400 g/mol. The highest BCUT2D eigenvalue weighted by Gasteiger charge is 2.17. The minimum atomic E-state index is 0.00868. The molecule has 0 aliphatic carbocycles. The van der Waals surface area contributed by atoms with Crippen molar-refractivity contribution in [3.05, 3.63) is 41.5 Å². The summed E-state index contributed by atoms with van der Waals surface area (Å²) < 4.78 is 5.55. The molecule has 0 saturated carbocycles. The number of thioether (sulfide) groups is 1. The number of ether oxygens (including phenoxy) is 1. The number of hydrogen-bond acceptors (Lipinski definition) is 6. The predicted octanol–water partition coefficient (Wildman–Crippen LogP) is 4.05. The van der Waals surface area contributed by atoms with E-state index in [4.69, 9.17) is 4.74 Å². The van der Waals surface area contributed by atoms with E-state index in [1.54, 1.807) is 17.7 Å². The van der Waals surface area contributed by atoms with Gasteiger partial charge >= 0.3 is 0 Å². The molecule has 0 spiro atoms. The van der Waals surface area contributed by atoms with Gasteiger partial charge in [-0.05, 0) is 25.3 Å². The van der Waals surface area contributed by atoms with Gasteiger partial charge in [-0.1, -0.05) is 41.6 Å². The van der Waals surface area contributed by atoms with Crippen molar-refractivity contribution in [2.75, 3.05) is 18.9 Å². The molecule has 1 saturated heterocycles. The second-order valence-electron chi connectivity index (χ2n) is 6.60. The van der Waals surface area contributed by atoms with Crippen LogP contribution in [-0.4, -0.2) is 40.9 Å². The van der Waals surface area contributed by atoms with Crippen molar-refractivity contribution in [2.45, 2.75) is 30.9 Å². The van der Waals surface area contributed by atoms with E-state index in [1.165, 1.54) is 17.3 Å². The number of amides is 1. The molecule has 1 N–H and O–H groups in total. The Balaban J connectivity index is 1.49. The van der Waals surface area contributed by atoms with Crippen LogP contribution < -0.4 is 5.32 Å². The summed E-state index contributed by atoms with van der Waals surface area (Å²) in [7, 11) is 0. The molecule has 3 aromatic rings. The number of aryl methyl sites for hydroxylation is 1. The van der Waals surface area contributed by atoms with Crippen molar-refractivity contribution in [1.29, 1.82) is 0 Å². The minimum absolute atomic E-state index is 0.00868. The van der Waals surface area contributed by atoms with Crippen molar-refractivity contribution < 1.29 is 9.53 Å². The summed E-state index contributed by atoms with van der Waals surface area (Å²) in [6, 6.07) is 8.45. The van der Waals surface area contributed by atoms with Gasteiger partial charge < -0.3 is 10.1 Å². The predicted molar refractivity (Wildman–Crippen MR) is 110 cm³/mol. The van der Waals surface area contributed by atoms with Crippen molar-refractivity contribution in [3.8, 4) is 11.1 Å². The number of fused-ring (bicyclic) bond motifs is 1. The normalized spacial score (nSPS) is 16.7. The van der Waals surface area contributed by atoms with Crippen LogP contribution in [0, 0.1) is 6.92 Å². The fourth-order valence-corrected chi connectivity index (χ4v) is 4.94. The molecular weight excluding hydrogens is 378 g/mol. The van der Waals surface area contributed by atoms with Crippen molar-refractivity contribution in [2.24, 2.45) is 0 Å². The monoisotopic (exact) mass is 399 g/mol. The van der Waals surface area contributed by atoms with Gasteiger partial charge in [0.05, 0.1) is 17.2 Å². The molecule has 0 radical (unpaired) electrons. The van der Waals surface area contributed by atoms with Crippen LogP contribution >= 0.6 is 23.1 Å². The second kappa shape index (κ2) is 8.37. The van der Waals surface area contributed by atoms with E-state index in [9.17, 15) is 4.79 Å². The molecule has 3 heterocycles. The number of aromatic nitrogens is 2. The highest BCUT2D eigenvalue weighted by atomic mass is 32.2. The van der Waals surface area contributed by atoms with Gasteiger partial charge in [0, 0.05) is 24.1 Å². The molecule has 2 aromatic heterocycles. The number of thiophene rings is 1. The third kappa shape index (κ3) is 4.31. The number of nitrogens with one attached hydrogen (secondary N) is 1. The van der Waals surface area contributed by atoms with Crippen LogP contribution in [0.3, 0.4) is 0 Å². The first-order chi connectivity index (χ1) is 13.2. The summed E-state index contributed by atoms with van der Waals surface area (Å²) in [5.74, 6) is 0.344. The van der Waals surface area contributed by atoms with Gasteiger partial charge in [0.15, 0.2) is 0 Å². The first-order valence-corrected chi connectivity index (χ1v) is 10.9. The number of carbonyl (C=O) groups is 1. The lowest BCUT2D eigenvalue weighted by Gasteiger charge is -2.10. The SMILES string of the molecule is Cc1ccc(-c2csc3ncnc(SCC(=O)NC[C@H]4CCCO4)c23)cc1. The molecule has 1 amide bonds. The molecule has 1 fully saturated rings. The fraction of sp³-hybridized carbons (Fsp3) is 0.350. The Labute approximate surface area is 166 Å². The molecule has 0 unspecified atom stereocenters. The Morgan fingerprint density at radius 3 is 2.96 bits per heavy atom. The molecule has 1 aliphatic rings. The summed E-state index contributed by atoms with van der Waals surface area (Å²) in [5, 5.41) is 6.96. The first-order valence-electron chi connectivity index (χ1n) is 9.01. The summed E-state index contributed by atoms with van der Waals surface area (Å²) in [6.45, 7) is 3.47. The Bertz CT molecular complexity index is 934. The van der Waals surface area contributed by atoms with E-state index in [-0.39, 0.29) is 12.0 Å². The van der Waals surface area contributed by atoms with Crippen LogP contribution in [0.25, 0.3) is 21.3 Å². The standard InChI is InChI=1S/C20H21N3O2S2/c1-13-4-6-14(7-5-13)16-10-26-19-18(16)20(23-12-22-19)27-11-17(24)21-9-15-3-2-8-25-15/h4-7,10,12,15H,2-3,8-9,11H2,1H3,(H,21,24)/t15-/m1/s1. The fourth-order valence-electron chi connectivity index (χ4n) is 3.12. The molecule has 4 rings (SSSR count). The summed E-state index contributed by atoms with van der Waals surface area (Å²) in [6.07, 6.45) is 3.84. The van der Waals surface area contributed by atoms with E-state index < -0.39 is 0 Å². The van der Waals surface area contributed by atoms with Gasteiger partial charge in [-0.25, -0.2) is 9.97 Å². The first kappa shape index (κ1) is 18.4. The zero-order chi connectivity index (χ0) is 18.6. The Morgan fingerprint density at radius 2 is 2.19 bits per heavy atom. The number of carbonyl (C=O) groups excluding carboxylic acids is 1. The van der Waals surface area contributed by atoms with Crippen molar-refractivity contribution >= 4 is 39.2 Å². The Hall–Kier alpha value is -1.96. The van der Waals surface area contributed by atoms with E-state index in [2.05, 4.69) is 51.9 Å². The zero-order valence-corrected chi connectivity index (χ0v) is 16.7. The van der Waals surface area contributed by atoms with Gasteiger partial charge in [0.1, 0.15) is 16.2 Å². The average Bonchev–Trinajstić information content (AvgIpc) is 3.35.